The highest BCUT2D eigenvalue weighted by Gasteiger charge is 2.61. The normalized spacial score (nSPS) is 21.2. The maximum Gasteiger partial charge on any atom is 0.0542 e. The molecule has 5 aliphatic carbocycles. The third-order valence-electron chi connectivity index (χ3n) is 16.9. The van der Waals surface area contributed by atoms with Crippen LogP contribution < -0.4 is 4.90 Å². The highest BCUT2D eigenvalue weighted by Crippen LogP contribution is 2.69. The van der Waals surface area contributed by atoms with Gasteiger partial charge in [0.2, 0.25) is 0 Å². The summed E-state index contributed by atoms with van der Waals surface area (Å²) in [6, 6.07) is 79.6. The minimum absolute atomic E-state index is 0.188. The summed E-state index contributed by atoms with van der Waals surface area (Å²) in [6.45, 7) is 0. The smallest absolute Gasteiger partial charge is 0.0542 e. The zero-order chi connectivity index (χ0) is 43.8. The average Bonchev–Trinajstić information content (AvgIpc) is 4.00. The molecule has 4 fully saturated rings. The summed E-state index contributed by atoms with van der Waals surface area (Å²) in [5.41, 5.74) is 19.4. The van der Waals surface area contributed by atoms with Gasteiger partial charge in [0, 0.05) is 55.4 Å². The van der Waals surface area contributed by atoms with Crippen molar-refractivity contribution < 1.29 is 0 Å². The Kier molecular flexibility index (Phi) is 7.96. The van der Waals surface area contributed by atoms with Crippen LogP contribution in [0.4, 0.5) is 17.1 Å². The van der Waals surface area contributed by atoms with Crippen LogP contribution in [0, 0.1) is 23.7 Å². The Bertz CT molecular complexity index is 3680. The number of rotatable bonds is 6. The van der Waals surface area contributed by atoms with Crippen molar-refractivity contribution in [2.45, 2.75) is 37.5 Å². The first-order chi connectivity index (χ1) is 33.2. The maximum absolute atomic E-state index is 2.55. The minimum atomic E-state index is 0.188. The van der Waals surface area contributed by atoms with E-state index >= 15 is 0 Å². The summed E-state index contributed by atoms with van der Waals surface area (Å²) < 4.78 is 4.80. The van der Waals surface area contributed by atoms with Gasteiger partial charge >= 0.3 is 0 Å². The molecule has 4 saturated carbocycles. The van der Waals surface area contributed by atoms with Gasteiger partial charge in [-0.25, -0.2) is 0 Å². The molecule has 0 amide bonds. The van der Waals surface area contributed by atoms with Gasteiger partial charge in [-0.05, 0) is 180 Å². The van der Waals surface area contributed by atoms with Gasteiger partial charge < -0.3 is 14.0 Å². The molecule has 4 bridgehead atoms. The highest BCUT2D eigenvalue weighted by molar-refractivity contribution is 6.11. The van der Waals surface area contributed by atoms with E-state index in [-0.39, 0.29) is 5.41 Å². The Balaban J connectivity index is 0.858. The molecule has 3 heteroatoms. The van der Waals surface area contributed by atoms with Gasteiger partial charge in [0.25, 0.3) is 0 Å². The SMILES string of the molecule is c1ccc(-n2c3ccccc3c3cc(N(c4ccc(-c5ccc6c(c5)-c5ccccc5C65C6CC7CC(C6)CC5C7)cc4)c4ccc(-n5c6ccccc6c6ccccc65)cc4)ccc32)cc1. The molecule has 2 heterocycles. The number of nitrogens with zero attached hydrogens (tertiary/aromatic N) is 3. The van der Waals surface area contributed by atoms with Crippen molar-refractivity contribution in [2.75, 3.05) is 4.90 Å². The zero-order valence-electron chi connectivity index (χ0n) is 37.4. The molecule has 1 spiro atoms. The largest absolute Gasteiger partial charge is 0.310 e. The van der Waals surface area contributed by atoms with E-state index in [9.17, 15) is 0 Å². The monoisotopic (exact) mass is 859 g/mol. The standard InChI is InChI=1S/C64H49N3/c1-2-12-47(13-3-1)66-62-21-11-7-17-55(62)57-40-51(31-33-63(57)66)65(49-27-29-50(30-28-49)67-60-19-9-5-15-53(60)54-16-6-10-20-61(54)67)48-25-22-43(23-26-48)44-24-32-59-56(39-44)52-14-4-8-18-58(52)64(59)45-35-41-34-42(37-45)38-46(64)36-41/h1-33,39-42,45-46H,34-38H2. The summed E-state index contributed by atoms with van der Waals surface area (Å²) in [7, 11) is 0. The Labute approximate surface area is 391 Å². The number of anilines is 3. The van der Waals surface area contributed by atoms with Crippen LogP contribution >= 0.6 is 0 Å². The molecule has 5 aliphatic rings. The number of aromatic nitrogens is 2. The van der Waals surface area contributed by atoms with Gasteiger partial charge in [-0.15, -0.1) is 0 Å². The predicted molar refractivity (Wildman–Crippen MR) is 278 cm³/mol. The lowest BCUT2D eigenvalue weighted by molar-refractivity contribution is -0.0399. The number of hydrogen-bond donors (Lipinski definition) is 0. The molecule has 2 aromatic heterocycles. The average molecular weight is 860 g/mol. The molecular weight excluding hydrogens is 811 g/mol. The quantitative estimate of drug-likeness (QED) is 0.162. The van der Waals surface area contributed by atoms with Gasteiger partial charge in [-0.1, -0.05) is 121 Å². The maximum atomic E-state index is 2.55. The Morgan fingerprint density at radius 1 is 0.343 bits per heavy atom. The van der Waals surface area contributed by atoms with Crippen LogP contribution in [0.25, 0.3) is 77.2 Å². The Morgan fingerprint density at radius 2 is 0.821 bits per heavy atom. The lowest BCUT2D eigenvalue weighted by Crippen LogP contribution is -2.55. The van der Waals surface area contributed by atoms with Crippen molar-refractivity contribution in [2.24, 2.45) is 23.7 Å². The highest BCUT2D eigenvalue weighted by atomic mass is 15.1. The van der Waals surface area contributed by atoms with Crippen molar-refractivity contribution in [1.29, 1.82) is 0 Å². The first-order valence-corrected chi connectivity index (χ1v) is 24.5. The lowest BCUT2D eigenvalue weighted by Gasteiger charge is -2.61. The molecule has 0 saturated heterocycles. The minimum Gasteiger partial charge on any atom is -0.310 e. The molecular formula is C64H49N3. The number of benzene rings is 9. The molecule has 3 nitrogen and oxygen atoms in total. The van der Waals surface area contributed by atoms with E-state index in [1.165, 1.54) is 98.0 Å². The van der Waals surface area contributed by atoms with Crippen molar-refractivity contribution in [3.05, 3.63) is 223 Å². The van der Waals surface area contributed by atoms with Crippen LogP contribution in [-0.2, 0) is 5.41 Å². The van der Waals surface area contributed by atoms with Gasteiger partial charge in [0.05, 0.1) is 22.1 Å². The zero-order valence-corrected chi connectivity index (χ0v) is 37.4. The molecule has 0 aliphatic heterocycles. The van der Waals surface area contributed by atoms with Crippen LogP contribution in [0.3, 0.4) is 0 Å². The van der Waals surface area contributed by atoms with E-state index in [2.05, 4.69) is 226 Å². The van der Waals surface area contributed by atoms with E-state index in [0.29, 0.717) is 0 Å². The molecule has 320 valence electrons. The van der Waals surface area contributed by atoms with Gasteiger partial charge in [-0.2, -0.15) is 0 Å². The molecule has 16 rings (SSSR count). The van der Waals surface area contributed by atoms with E-state index < -0.39 is 0 Å². The number of para-hydroxylation sites is 4. The van der Waals surface area contributed by atoms with Crippen LogP contribution in [0.15, 0.2) is 212 Å². The summed E-state index contributed by atoms with van der Waals surface area (Å²) in [5.74, 6) is 3.42. The van der Waals surface area contributed by atoms with E-state index in [4.69, 9.17) is 0 Å². The van der Waals surface area contributed by atoms with Gasteiger partial charge in [0.15, 0.2) is 0 Å². The third kappa shape index (κ3) is 5.34. The summed E-state index contributed by atoms with van der Waals surface area (Å²) in [4.78, 5) is 2.43. The van der Waals surface area contributed by atoms with Crippen LogP contribution in [0.5, 0.6) is 0 Å². The molecule has 0 atom stereocenters. The van der Waals surface area contributed by atoms with Crippen molar-refractivity contribution >= 4 is 60.7 Å². The second kappa shape index (κ2) is 14.2. The first-order valence-electron chi connectivity index (χ1n) is 24.5. The number of hydrogen-bond acceptors (Lipinski definition) is 1. The van der Waals surface area contributed by atoms with Crippen LogP contribution in [-0.4, -0.2) is 9.13 Å². The fourth-order valence-electron chi connectivity index (χ4n) is 14.5. The number of fused-ring (bicyclic) bond motifs is 9. The Morgan fingerprint density at radius 3 is 1.46 bits per heavy atom. The Hall–Kier alpha value is -7.62. The van der Waals surface area contributed by atoms with Crippen molar-refractivity contribution in [3.8, 4) is 33.6 Å². The predicted octanol–water partition coefficient (Wildman–Crippen LogP) is 16.7. The summed E-state index contributed by atoms with van der Waals surface area (Å²) >= 11 is 0. The van der Waals surface area contributed by atoms with Gasteiger partial charge in [0.1, 0.15) is 0 Å². The molecule has 0 radical (unpaired) electrons. The van der Waals surface area contributed by atoms with Crippen LogP contribution in [0.1, 0.15) is 43.2 Å². The van der Waals surface area contributed by atoms with E-state index in [1.54, 1.807) is 11.1 Å². The fraction of sp³-hybridized carbons (Fsp3) is 0.156. The fourth-order valence-corrected chi connectivity index (χ4v) is 14.5. The summed E-state index contributed by atoms with van der Waals surface area (Å²) in [5, 5.41) is 5.02. The third-order valence-corrected chi connectivity index (χ3v) is 16.9. The second-order valence-electron chi connectivity index (χ2n) is 20.1. The summed E-state index contributed by atoms with van der Waals surface area (Å²) in [6.07, 6.45) is 7.11. The molecule has 0 N–H and O–H groups in total. The van der Waals surface area contributed by atoms with E-state index in [0.717, 1.165) is 52.1 Å². The van der Waals surface area contributed by atoms with E-state index in [1.807, 2.05) is 0 Å². The van der Waals surface area contributed by atoms with Crippen molar-refractivity contribution in [3.63, 3.8) is 0 Å². The topological polar surface area (TPSA) is 13.1 Å². The lowest BCUT2D eigenvalue weighted by atomic mass is 9.43. The van der Waals surface area contributed by atoms with Crippen LogP contribution in [0.2, 0.25) is 0 Å². The molecule has 0 unspecified atom stereocenters. The van der Waals surface area contributed by atoms with Crippen molar-refractivity contribution in [1.82, 2.24) is 9.13 Å². The van der Waals surface area contributed by atoms with Gasteiger partial charge in [-0.3, -0.25) is 0 Å². The first kappa shape index (κ1) is 37.6. The molecule has 67 heavy (non-hydrogen) atoms. The molecule has 9 aromatic carbocycles. The molecule has 11 aromatic rings. The second-order valence-corrected chi connectivity index (χ2v) is 20.1.